The van der Waals surface area contributed by atoms with Crippen LogP contribution in [0.1, 0.15) is 53.4 Å². The lowest BCUT2D eigenvalue weighted by Gasteiger charge is -2.26. The second-order valence-electron chi connectivity index (χ2n) is 8.46. The molecule has 2 saturated heterocycles. The highest BCUT2D eigenvalue weighted by atomic mass is 16.6. The van der Waals surface area contributed by atoms with Crippen molar-refractivity contribution in [3.63, 3.8) is 0 Å². The van der Waals surface area contributed by atoms with Crippen LogP contribution in [0.25, 0.3) is 0 Å². The fourth-order valence-corrected chi connectivity index (χ4v) is 4.01. The maximum atomic E-state index is 12.5. The molecular formula is C19H29NO5. The van der Waals surface area contributed by atoms with Gasteiger partial charge in [-0.3, -0.25) is 9.59 Å². The van der Waals surface area contributed by atoms with Gasteiger partial charge in [0.15, 0.2) is 0 Å². The molecule has 140 valence electrons. The van der Waals surface area contributed by atoms with E-state index < -0.39 is 11.5 Å². The third-order valence-electron chi connectivity index (χ3n) is 6.04. The number of carboxylic acid groups (broad SMARTS) is 1. The molecule has 25 heavy (non-hydrogen) atoms. The van der Waals surface area contributed by atoms with E-state index in [0.29, 0.717) is 6.54 Å². The van der Waals surface area contributed by atoms with Crippen LogP contribution in [-0.4, -0.2) is 46.9 Å². The first-order valence-corrected chi connectivity index (χ1v) is 9.16. The molecule has 1 aliphatic carbocycles. The second-order valence-corrected chi connectivity index (χ2v) is 8.46. The first-order valence-electron chi connectivity index (χ1n) is 9.16. The molecule has 0 amide bonds. The van der Waals surface area contributed by atoms with E-state index in [9.17, 15) is 14.7 Å². The van der Waals surface area contributed by atoms with Crippen LogP contribution < -0.4 is 5.32 Å². The number of hydrogen-bond donors (Lipinski definition) is 2. The molecular weight excluding hydrogens is 322 g/mol. The molecule has 0 spiro atoms. The topological polar surface area (TPSA) is 88.2 Å². The van der Waals surface area contributed by atoms with E-state index in [4.69, 9.17) is 9.47 Å². The van der Waals surface area contributed by atoms with Crippen molar-refractivity contribution in [2.45, 2.75) is 76.7 Å². The first-order chi connectivity index (χ1) is 11.6. The summed E-state index contributed by atoms with van der Waals surface area (Å²) >= 11 is 0. The molecule has 0 bridgehead atoms. The molecule has 0 aromatic heterocycles. The van der Waals surface area contributed by atoms with Gasteiger partial charge in [0.25, 0.3) is 0 Å². The lowest BCUT2D eigenvalue weighted by Crippen LogP contribution is -2.49. The Hall–Kier alpha value is -1.40. The number of nitrogens with one attached hydrogen (secondary N) is 1. The van der Waals surface area contributed by atoms with Crippen molar-refractivity contribution in [1.29, 1.82) is 0 Å². The van der Waals surface area contributed by atoms with Gasteiger partial charge < -0.3 is 19.9 Å². The van der Waals surface area contributed by atoms with Crippen molar-refractivity contribution in [2.75, 3.05) is 6.54 Å². The summed E-state index contributed by atoms with van der Waals surface area (Å²) in [4.78, 5) is 23.8. The SMILES string of the molecule is C/C1=C\CC[C@@]2(C)O[C@H]2[C@H]2OC(=O)[C@@H](CNC(C)(C)C(=O)O)[C@@H]2CC1. The standard InChI is InChI=1S/C19H29NO5/c1-11-6-5-9-19(4)15(25-19)14-12(8-7-11)13(16(21)24-14)10-20-18(2,3)17(22)23/h6,12-15,20H,5,7-10H2,1-4H3,(H,22,23)/b11-6+/t12-,13-,14-,15-,19+/m0/s1. The van der Waals surface area contributed by atoms with Crippen LogP contribution in [0.2, 0.25) is 0 Å². The molecule has 6 nitrogen and oxygen atoms in total. The lowest BCUT2D eigenvalue weighted by molar-refractivity contribution is -0.146. The maximum Gasteiger partial charge on any atom is 0.323 e. The van der Waals surface area contributed by atoms with Gasteiger partial charge in [-0.25, -0.2) is 0 Å². The Bertz CT molecular complexity index is 599. The number of epoxide rings is 1. The highest BCUT2D eigenvalue weighted by molar-refractivity contribution is 5.78. The van der Waals surface area contributed by atoms with Gasteiger partial charge in [0.1, 0.15) is 17.7 Å². The van der Waals surface area contributed by atoms with E-state index in [1.54, 1.807) is 13.8 Å². The Morgan fingerprint density at radius 2 is 2.20 bits per heavy atom. The van der Waals surface area contributed by atoms with E-state index in [2.05, 4.69) is 25.2 Å². The molecule has 3 aliphatic rings. The fourth-order valence-electron chi connectivity index (χ4n) is 4.01. The Balaban J connectivity index is 1.76. The van der Waals surface area contributed by atoms with Crippen LogP contribution >= 0.6 is 0 Å². The molecule has 0 unspecified atom stereocenters. The molecule has 2 N–H and O–H groups in total. The van der Waals surface area contributed by atoms with E-state index in [1.807, 2.05) is 0 Å². The van der Waals surface area contributed by atoms with Crippen LogP contribution in [-0.2, 0) is 19.1 Å². The van der Waals surface area contributed by atoms with Crippen LogP contribution in [0.5, 0.6) is 0 Å². The van der Waals surface area contributed by atoms with Gasteiger partial charge in [-0.15, -0.1) is 0 Å². The smallest absolute Gasteiger partial charge is 0.323 e. The van der Waals surface area contributed by atoms with Gasteiger partial charge in [-0.2, -0.15) is 0 Å². The van der Waals surface area contributed by atoms with Gasteiger partial charge in [-0.05, 0) is 53.4 Å². The number of esters is 1. The van der Waals surface area contributed by atoms with Crippen molar-refractivity contribution in [1.82, 2.24) is 5.32 Å². The van der Waals surface area contributed by atoms with Gasteiger partial charge >= 0.3 is 11.9 Å². The average molecular weight is 351 g/mol. The molecule has 0 aromatic rings. The number of aliphatic carboxylic acids is 1. The number of allylic oxidation sites excluding steroid dienone is 2. The summed E-state index contributed by atoms with van der Waals surface area (Å²) in [5.74, 6) is -1.44. The van der Waals surface area contributed by atoms with Crippen LogP contribution in [0.3, 0.4) is 0 Å². The summed E-state index contributed by atoms with van der Waals surface area (Å²) in [5.41, 5.74) is 0.0488. The third-order valence-corrected chi connectivity index (χ3v) is 6.04. The highest BCUT2D eigenvalue weighted by Crippen LogP contribution is 2.50. The Morgan fingerprint density at radius 3 is 2.88 bits per heavy atom. The predicted octanol–water partition coefficient (Wildman–Crippen LogP) is 2.27. The zero-order chi connectivity index (χ0) is 18.4. The number of carbonyl (C=O) groups excluding carboxylic acids is 1. The second kappa shape index (κ2) is 6.40. The third kappa shape index (κ3) is 3.60. The predicted molar refractivity (Wildman–Crippen MR) is 92.1 cm³/mol. The minimum atomic E-state index is -1.07. The molecule has 6 heteroatoms. The summed E-state index contributed by atoms with van der Waals surface area (Å²) in [5, 5.41) is 12.3. The highest BCUT2D eigenvalue weighted by Gasteiger charge is 2.62. The summed E-state index contributed by atoms with van der Waals surface area (Å²) in [6, 6.07) is 0. The van der Waals surface area contributed by atoms with E-state index in [0.717, 1.165) is 25.7 Å². The normalized spacial score (nSPS) is 40.3. The Morgan fingerprint density at radius 1 is 1.48 bits per heavy atom. The summed E-state index contributed by atoms with van der Waals surface area (Å²) in [6.45, 7) is 7.74. The Kier molecular flexibility index (Phi) is 4.71. The van der Waals surface area contributed by atoms with Crippen molar-refractivity contribution >= 4 is 11.9 Å². The summed E-state index contributed by atoms with van der Waals surface area (Å²) in [6.07, 6.45) is 5.72. The number of rotatable bonds is 4. The van der Waals surface area contributed by atoms with E-state index in [1.165, 1.54) is 5.57 Å². The number of carbonyl (C=O) groups is 2. The van der Waals surface area contributed by atoms with Crippen molar-refractivity contribution in [2.24, 2.45) is 11.8 Å². The molecule has 2 heterocycles. The van der Waals surface area contributed by atoms with Crippen LogP contribution in [0, 0.1) is 11.8 Å². The van der Waals surface area contributed by atoms with Gasteiger partial charge in [0.05, 0.1) is 11.5 Å². The monoisotopic (exact) mass is 351 g/mol. The van der Waals surface area contributed by atoms with E-state index in [-0.39, 0.29) is 35.6 Å². The van der Waals surface area contributed by atoms with Crippen molar-refractivity contribution in [3.8, 4) is 0 Å². The first kappa shape index (κ1) is 18.4. The molecule has 5 atom stereocenters. The maximum absolute atomic E-state index is 12.5. The fraction of sp³-hybridized carbons (Fsp3) is 0.789. The summed E-state index contributed by atoms with van der Waals surface area (Å²) < 4.78 is 11.7. The van der Waals surface area contributed by atoms with Gasteiger partial charge in [0, 0.05) is 12.5 Å². The van der Waals surface area contributed by atoms with Crippen molar-refractivity contribution in [3.05, 3.63) is 11.6 Å². The largest absolute Gasteiger partial charge is 0.480 e. The molecule has 3 rings (SSSR count). The van der Waals surface area contributed by atoms with E-state index >= 15 is 0 Å². The summed E-state index contributed by atoms with van der Waals surface area (Å²) in [7, 11) is 0. The molecule has 0 saturated carbocycles. The molecule has 0 aromatic carbocycles. The minimum absolute atomic E-state index is 0.0364. The molecule has 2 fully saturated rings. The number of fused-ring (bicyclic) bond motifs is 3. The number of ether oxygens (including phenoxy) is 2. The average Bonchev–Trinajstić information content (AvgIpc) is 3.08. The number of carboxylic acids is 1. The van der Waals surface area contributed by atoms with Crippen LogP contribution in [0.4, 0.5) is 0 Å². The van der Waals surface area contributed by atoms with Crippen LogP contribution in [0.15, 0.2) is 11.6 Å². The quantitative estimate of drug-likeness (QED) is 0.459. The van der Waals surface area contributed by atoms with Gasteiger partial charge in [-0.1, -0.05) is 11.6 Å². The number of hydrogen-bond acceptors (Lipinski definition) is 5. The zero-order valence-electron chi connectivity index (χ0n) is 15.5. The van der Waals surface area contributed by atoms with Crippen molar-refractivity contribution < 1.29 is 24.2 Å². The molecule has 2 aliphatic heterocycles. The molecule has 0 radical (unpaired) electrons. The minimum Gasteiger partial charge on any atom is -0.480 e. The van der Waals surface area contributed by atoms with Gasteiger partial charge in [0.2, 0.25) is 0 Å². The Labute approximate surface area is 148 Å². The lowest BCUT2D eigenvalue weighted by atomic mass is 9.80. The zero-order valence-corrected chi connectivity index (χ0v) is 15.5.